The van der Waals surface area contributed by atoms with E-state index in [2.05, 4.69) is 15.5 Å². The van der Waals surface area contributed by atoms with E-state index in [-0.39, 0.29) is 11.7 Å². The molecule has 1 aromatic carbocycles. The van der Waals surface area contributed by atoms with Gasteiger partial charge in [0.1, 0.15) is 5.82 Å². The number of benzene rings is 1. The van der Waals surface area contributed by atoms with Crippen LogP contribution in [-0.2, 0) is 6.54 Å². The van der Waals surface area contributed by atoms with Gasteiger partial charge in [0, 0.05) is 6.04 Å². The molecule has 1 aliphatic carbocycles. The minimum absolute atomic E-state index is 0.236. The maximum Gasteiger partial charge on any atom is 0.260 e. The normalized spacial score (nSPS) is 15.0. The van der Waals surface area contributed by atoms with E-state index in [1.807, 2.05) is 13.0 Å². The average Bonchev–Trinajstić information content (AvgIpc) is 3.05. The molecule has 3 rings (SSSR count). The van der Waals surface area contributed by atoms with Gasteiger partial charge in [-0.3, -0.25) is 0 Å². The number of rotatable bonds is 4. The van der Waals surface area contributed by atoms with E-state index in [4.69, 9.17) is 4.52 Å². The monoisotopic (exact) mass is 247 g/mol. The predicted octanol–water partition coefficient (Wildman–Crippen LogP) is 2.44. The van der Waals surface area contributed by atoms with Crippen molar-refractivity contribution in [2.45, 2.75) is 32.4 Å². The van der Waals surface area contributed by atoms with E-state index in [0.29, 0.717) is 24.0 Å². The van der Waals surface area contributed by atoms with Crippen molar-refractivity contribution in [3.05, 3.63) is 35.4 Å². The number of hydrogen-bond acceptors (Lipinski definition) is 4. The van der Waals surface area contributed by atoms with Crippen LogP contribution in [0.2, 0.25) is 0 Å². The van der Waals surface area contributed by atoms with E-state index in [1.165, 1.54) is 18.9 Å². The Labute approximate surface area is 104 Å². The Bertz CT molecular complexity index is 563. The van der Waals surface area contributed by atoms with Crippen molar-refractivity contribution in [1.29, 1.82) is 0 Å². The second-order valence-electron chi connectivity index (χ2n) is 4.65. The summed E-state index contributed by atoms with van der Waals surface area (Å²) in [6, 6.07) is 5.53. The van der Waals surface area contributed by atoms with Crippen molar-refractivity contribution >= 4 is 0 Å². The van der Waals surface area contributed by atoms with E-state index in [9.17, 15) is 4.39 Å². The zero-order chi connectivity index (χ0) is 12.5. The first-order valence-electron chi connectivity index (χ1n) is 6.05. The van der Waals surface area contributed by atoms with Crippen molar-refractivity contribution in [2.75, 3.05) is 0 Å². The molecule has 0 bridgehead atoms. The van der Waals surface area contributed by atoms with Crippen molar-refractivity contribution in [3.8, 4) is 11.5 Å². The van der Waals surface area contributed by atoms with Crippen LogP contribution in [-0.4, -0.2) is 16.2 Å². The highest BCUT2D eigenvalue weighted by Gasteiger charge is 2.21. The number of aromatic nitrogens is 2. The third-order valence-electron chi connectivity index (χ3n) is 2.95. The predicted molar refractivity (Wildman–Crippen MR) is 64.3 cm³/mol. The van der Waals surface area contributed by atoms with E-state index < -0.39 is 0 Å². The number of nitrogens with zero attached hydrogens (tertiary/aromatic N) is 2. The van der Waals surface area contributed by atoms with Gasteiger partial charge in [-0.05, 0) is 37.5 Å². The molecular weight excluding hydrogens is 233 g/mol. The van der Waals surface area contributed by atoms with E-state index >= 15 is 0 Å². The van der Waals surface area contributed by atoms with Crippen molar-refractivity contribution < 1.29 is 8.91 Å². The Morgan fingerprint density at radius 2 is 2.28 bits per heavy atom. The molecule has 1 aromatic heterocycles. The molecule has 0 saturated heterocycles. The van der Waals surface area contributed by atoms with Gasteiger partial charge in [0.25, 0.3) is 5.89 Å². The highest BCUT2D eigenvalue weighted by atomic mass is 19.1. The van der Waals surface area contributed by atoms with Gasteiger partial charge in [0.15, 0.2) is 5.82 Å². The summed E-state index contributed by atoms with van der Waals surface area (Å²) >= 11 is 0. The summed E-state index contributed by atoms with van der Waals surface area (Å²) < 4.78 is 18.8. The number of halogens is 1. The van der Waals surface area contributed by atoms with Crippen molar-refractivity contribution in [1.82, 2.24) is 15.5 Å². The zero-order valence-electron chi connectivity index (χ0n) is 10.1. The summed E-state index contributed by atoms with van der Waals surface area (Å²) in [6.07, 6.45) is 2.41. The smallest absolute Gasteiger partial charge is 0.260 e. The van der Waals surface area contributed by atoms with Gasteiger partial charge in [0.2, 0.25) is 0 Å². The lowest BCUT2D eigenvalue weighted by molar-refractivity contribution is 0.417. The molecular formula is C13H14FN3O. The minimum atomic E-state index is -0.333. The molecule has 0 atom stereocenters. The summed E-state index contributed by atoms with van der Waals surface area (Å²) in [6.45, 7) is 2.41. The highest BCUT2D eigenvalue weighted by Crippen LogP contribution is 2.22. The van der Waals surface area contributed by atoms with Crippen molar-refractivity contribution in [2.24, 2.45) is 0 Å². The third-order valence-corrected chi connectivity index (χ3v) is 2.95. The molecule has 5 heteroatoms. The summed E-state index contributed by atoms with van der Waals surface area (Å²) in [5, 5.41) is 7.12. The van der Waals surface area contributed by atoms with E-state index in [0.717, 1.165) is 5.56 Å². The molecule has 0 unspecified atom stereocenters. The molecule has 1 saturated carbocycles. The van der Waals surface area contributed by atoms with Crippen LogP contribution in [0.5, 0.6) is 0 Å². The lowest BCUT2D eigenvalue weighted by atomic mass is 10.1. The molecule has 0 amide bonds. The van der Waals surface area contributed by atoms with Gasteiger partial charge in [-0.2, -0.15) is 4.98 Å². The molecule has 2 aromatic rings. The summed E-state index contributed by atoms with van der Waals surface area (Å²) in [5.41, 5.74) is 1.22. The quantitative estimate of drug-likeness (QED) is 0.901. The Hall–Kier alpha value is -1.75. The Kier molecular flexibility index (Phi) is 2.83. The first-order valence-corrected chi connectivity index (χ1v) is 6.05. The topological polar surface area (TPSA) is 51.0 Å². The van der Waals surface area contributed by atoms with Crippen LogP contribution >= 0.6 is 0 Å². The van der Waals surface area contributed by atoms with Crippen LogP contribution in [0, 0.1) is 12.7 Å². The lowest BCUT2D eigenvalue weighted by Gasteiger charge is -1.98. The van der Waals surface area contributed by atoms with Gasteiger partial charge in [0.05, 0.1) is 12.1 Å². The molecule has 1 aliphatic rings. The largest absolute Gasteiger partial charge is 0.334 e. The summed E-state index contributed by atoms with van der Waals surface area (Å²) in [7, 11) is 0. The maximum absolute atomic E-state index is 13.7. The van der Waals surface area contributed by atoms with Crippen LogP contribution < -0.4 is 5.32 Å². The van der Waals surface area contributed by atoms with Gasteiger partial charge in [-0.15, -0.1) is 0 Å². The molecule has 0 spiro atoms. The number of nitrogens with one attached hydrogen (secondary N) is 1. The third kappa shape index (κ3) is 2.41. The Morgan fingerprint density at radius 1 is 1.44 bits per heavy atom. The number of aryl methyl sites for hydroxylation is 1. The van der Waals surface area contributed by atoms with Crippen LogP contribution in [0.1, 0.15) is 24.2 Å². The Balaban J connectivity index is 1.78. The SMILES string of the molecule is Cc1ccc(-c2nc(CNC3CC3)no2)c(F)c1. The first kappa shape index (κ1) is 11.3. The fraction of sp³-hybridized carbons (Fsp3) is 0.385. The van der Waals surface area contributed by atoms with Gasteiger partial charge < -0.3 is 9.84 Å². The lowest BCUT2D eigenvalue weighted by Crippen LogP contribution is -2.16. The summed E-state index contributed by atoms with van der Waals surface area (Å²) in [5.74, 6) is 0.470. The standard InChI is InChI=1S/C13H14FN3O/c1-8-2-5-10(11(14)6-8)13-16-12(17-18-13)7-15-9-3-4-9/h2,5-6,9,15H,3-4,7H2,1H3. The number of hydrogen-bond donors (Lipinski definition) is 1. The van der Waals surface area contributed by atoms with Gasteiger partial charge in [-0.25, -0.2) is 4.39 Å². The minimum Gasteiger partial charge on any atom is -0.334 e. The van der Waals surface area contributed by atoms with Crippen LogP contribution in [0.25, 0.3) is 11.5 Å². The highest BCUT2D eigenvalue weighted by molar-refractivity contribution is 5.54. The second kappa shape index (κ2) is 4.49. The van der Waals surface area contributed by atoms with Crippen LogP contribution in [0.4, 0.5) is 4.39 Å². The molecule has 4 nitrogen and oxygen atoms in total. The van der Waals surface area contributed by atoms with Crippen LogP contribution in [0.15, 0.2) is 22.7 Å². The van der Waals surface area contributed by atoms with Gasteiger partial charge >= 0.3 is 0 Å². The second-order valence-corrected chi connectivity index (χ2v) is 4.65. The summed E-state index contributed by atoms with van der Waals surface area (Å²) in [4.78, 5) is 4.19. The first-order chi connectivity index (χ1) is 8.72. The average molecular weight is 247 g/mol. The fourth-order valence-electron chi connectivity index (χ4n) is 1.75. The molecule has 0 aliphatic heterocycles. The molecule has 0 radical (unpaired) electrons. The molecule has 1 fully saturated rings. The van der Waals surface area contributed by atoms with E-state index in [1.54, 1.807) is 6.07 Å². The zero-order valence-corrected chi connectivity index (χ0v) is 10.1. The fourth-order valence-corrected chi connectivity index (χ4v) is 1.75. The van der Waals surface area contributed by atoms with Gasteiger partial charge in [-0.1, -0.05) is 11.2 Å². The van der Waals surface area contributed by atoms with Crippen molar-refractivity contribution in [3.63, 3.8) is 0 Å². The molecule has 1 heterocycles. The Morgan fingerprint density at radius 3 is 3.00 bits per heavy atom. The maximum atomic E-state index is 13.7. The molecule has 94 valence electrons. The van der Waals surface area contributed by atoms with Crippen LogP contribution in [0.3, 0.4) is 0 Å². The molecule has 18 heavy (non-hydrogen) atoms. The molecule has 1 N–H and O–H groups in total.